The first-order valence-electron chi connectivity index (χ1n) is 7.50. The minimum atomic E-state index is -0.0486. The molecular weight excluding hydrogens is 443 g/mol. The van der Waals surface area contributed by atoms with E-state index in [9.17, 15) is 0 Å². The Kier molecular flexibility index (Phi) is 14.0. The summed E-state index contributed by atoms with van der Waals surface area (Å²) in [6.45, 7) is 12.6. The first kappa shape index (κ1) is 25.4. The van der Waals surface area contributed by atoms with Crippen LogP contribution in [0, 0.1) is 32.7 Å². The van der Waals surface area contributed by atoms with Crippen LogP contribution in [0.1, 0.15) is 6.92 Å². The second kappa shape index (κ2) is 15.5. The minimum Gasteiger partial charge on any atom is -0.498 e. The van der Waals surface area contributed by atoms with E-state index in [4.69, 9.17) is 14.0 Å². The summed E-state index contributed by atoms with van der Waals surface area (Å²) in [5.74, 6) is 0. The van der Waals surface area contributed by atoms with Crippen LogP contribution >= 0.6 is 0 Å². The molecule has 0 saturated carbocycles. The van der Waals surface area contributed by atoms with Crippen molar-refractivity contribution in [3.8, 4) is 0 Å². The molecule has 3 aromatic heterocycles. The molecule has 140 valence electrons. The Labute approximate surface area is 178 Å². The van der Waals surface area contributed by atoms with Gasteiger partial charge in [-0.1, -0.05) is 0 Å². The molecule has 1 aliphatic rings. The monoisotopic (exact) mass is 461 g/mol. The van der Waals surface area contributed by atoms with Gasteiger partial charge < -0.3 is 18.2 Å². The Morgan fingerprint density at radius 3 is 1.50 bits per heavy atom. The zero-order valence-electron chi connectivity index (χ0n) is 14.9. The molecule has 28 heavy (non-hydrogen) atoms. The van der Waals surface area contributed by atoms with Crippen LogP contribution in [-0.4, -0.2) is 35.5 Å². The summed E-state index contributed by atoms with van der Waals surface area (Å²) >= 11 is 0. The van der Waals surface area contributed by atoms with Crippen molar-refractivity contribution in [2.24, 2.45) is 0 Å². The van der Waals surface area contributed by atoms with Gasteiger partial charge in [0.1, 0.15) is 6.61 Å². The van der Waals surface area contributed by atoms with Gasteiger partial charge in [-0.2, -0.15) is 0 Å². The van der Waals surface area contributed by atoms with E-state index in [0.717, 1.165) is 5.57 Å². The van der Waals surface area contributed by atoms with Crippen molar-refractivity contribution >= 4 is 7.12 Å². The average Bonchev–Trinajstić information content (AvgIpc) is 3.51. The molecule has 0 amide bonds. The number of nitrogens with zero attached hydrogens (tertiary/aromatic N) is 6. The van der Waals surface area contributed by atoms with Crippen LogP contribution in [0.5, 0.6) is 0 Å². The largest absolute Gasteiger partial charge is 2.00 e. The third-order valence-electron chi connectivity index (χ3n) is 3.14. The van der Waals surface area contributed by atoms with Gasteiger partial charge in [0.15, 0.2) is 0 Å². The van der Waals surface area contributed by atoms with Crippen molar-refractivity contribution in [2.75, 3.05) is 0 Å². The summed E-state index contributed by atoms with van der Waals surface area (Å²) in [5.41, 5.74) is 1.16. The molecule has 0 N–H and O–H groups in total. The summed E-state index contributed by atoms with van der Waals surface area (Å²) in [4.78, 5) is 12.2. The molecule has 4 radical (unpaired) electrons. The van der Waals surface area contributed by atoms with Crippen molar-refractivity contribution in [3.05, 3.63) is 101 Å². The molecule has 0 unspecified atom stereocenters. The first-order valence-corrected chi connectivity index (χ1v) is 7.50. The van der Waals surface area contributed by atoms with E-state index in [1.54, 1.807) is 50.4 Å². The van der Waals surface area contributed by atoms with Gasteiger partial charge in [-0.15, -0.1) is 0 Å². The smallest absolute Gasteiger partial charge is 0.498 e. The van der Waals surface area contributed by atoms with Gasteiger partial charge >= 0.3 is 43.7 Å². The molecular formula is C17H16BMoN6O3+. The maximum atomic E-state index is 7.50. The van der Waals surface area contributed by atoms with Gasteiger partial charge in [-0.3, -0.25) is 0 Å². The van der Waals surface area contributed by atoms with Crippen LogP contribution in [0.25, 0.3) is 0 Å². The number of hydrogen-bond acceptors (Lipinski definition) is 4. The second-order valence-electron chi connectivity index (χ2n) is 4.87. The molecule has 9 nitrogen and oxygen atoms in total. The third-order valence-corrected chi connectivity index (χ3v) is 3.14. The standard InChI is InChI=1S/C9H9BN6.C6H7O.2CO.Mo/c1-4-14(7-11-1)10(15-5-2-12-8-15)16-6-3-13-9-16;1-6-3-2-4-7-5-6;2*1-2;/h1-9H;2-5H,1H3;;;/q-1;;;;+2. The van der Waals surface area contributed by atoms with Crippen LogP contribution in [0.3, 0.4) is 0 Å². The van der Waals surface area contributed by atoms with E-state index in [1.807, 2.05) is 51.8 Å². The first-order chi connectivity index (χ1) is 13.3. The predicted molar refractivity (Wildman–Crippen MR) is 94.2 cm³/mol. The number of aromatic nitrogens is 6. The van der Waals surface area contributed by atoms with Gasteiger partial charge in [-0.05, 0) is 37.5 Å². The molecule has 0 aliphatic carbocycles. The Bertz CT molecular complexity index is 713. The van der Waals surface area contributed by atoms with Gasteiger partial charge in [0.25, 0.3) is 0 Å². The maximum absolute atomic E-state index is 7.50. The van der Waals surface area contributed by atoms with Crippen molar-refractivity contribution in [1.29, 1.82) is 0 Å². The van der Waals surface area contributed by atoms with Crippen LogP contribution < -0.4 is 0 Å². The van der Waals surface area contributed by atoms with Gasteiger partial charge in [0.2, 0.25) is 7.12 Å². The topological polar surface area (TPSA) is 102 Å². The normalized spacial score (nSPS) is 11.6. The van der Waals surface area contributed by atoms with Crippen LogP contribution in [0.15, 0.2) is 68.0 Å². The van der Waals surface area contributed by atoms with Gasteiger partial charge in [0.05, 0.1) is 25.2 Å². The number of ether oxygens (including phenoxy) is 1. The summed E-state index contributed by atoms with van der Waals surface area (Å²) in [6.07, 6.45) is 21.8. The van der Waals surface area contributed by atoms with Gasteiger partial charge in [-0.25, -0.2) is 15.0 Å². The fourth-order valence-corrected chi connectivity index (χ4v) is 2.10. The second-order valence-corrected chi connectivity index (χ2v) is 4.87. The van der Waals surface area contributed by atoms with Crippen molar-refractivity contribution in [3.63, 3.8) is 0 Å². The Balaban J connectivity index is 0.000000516. The number of imidazole rings is 3. The van der Waals surface area contributed by atoms with E-state index in [-0.39, 0.29) is 28.2 Å². The molecule has 3 aromatic rings. The summed E-state index contributed by atoms with van der Waals surface area (Å²) in [5, 5.41) is 0. The van der Waals surface area contributed by atoms with Crippen LogP contribution in [0.4, 0.5) is 0 Å². The van der Waals surface area contributed by atoms with Crippen molar-refractivity contribution in [2.45, 2.75) is 6.92 Å². The van der Waals surface area contributed by atoms with E-state index in [2.05, 4.69) is 28.3 Å². The molecule has 0 saturated heterocycles. The van der Waals surface area contributed by atoms with Crippen molar-refractivity contribution in [1.82, 2.24) is 28.4 Å². The minimum absolute atomic E-state index is 0. The zero-order chi connectivity index (χ0) is 19.9. The quantitative estimate of drug-likeness (QED) is 0.338. The number of hydrogen-bond donors (Lipinski definition) is 0. The molecule has 0 bridgehead atoms. The average molecular weight is 459 g/mol. The van der Waals surface area contributed by atoms with Crippen LogP contribution in [0.2, 0.25) is 0 Å². The number of allylic oxidation sites excluding steroid dienone is 1. The SMILES string of the molecule is CC1=CO[CH][CH][CH]1.[C-]#[O+].[C-]#[O+].[Mo+2].c1cn([B-](n2ccnc2)n2ccnc2)cn1. The van der Waals surface area contributed by atoms with E-state index >= 15 is 0 Å². The Morgan fingerprint density at radius 1 is 0.857 bits per heavy atom. The Hall–Kier alpha value is -2.60. The Morgan fingerprint density at radius 2 is 1.29 bits per heavy atom. The molecule has 0 fully saturated rings. The summed E-state index contributed by atoms with van der Waals surface area (Å²) in [7, 11) is -0.0486. The van der Waals surface area contributed by atoms with Gasteiger partial charge in [0, 0.05) is 25.0 Å². The summed E-state index contributed by atoms with van der Waals surface area (Å²) in [6, 6.07) is 0. The fourth-order valence-electron chi connectivity index (χ4n) is 2.10. The third kappa shape index (κ3) is 7.96. The zero-order valence-corrected chi connectivity index (χ0v) is 16.9. The van der Waals surface area contributed by atoms with Crippen LogP contribution in [-0.2, 0) is 35.1 Å². The maximum Gasteiger partial charge on any atom is 2.00 e. The molecule has 1 aliphatic heterocycles. The fraction of sp³-hybridized carbons (Fsp3) is 0.0588. The summed E-state index contributed by atoms with van der Waals surface area (Å²) < 4.78 is 25.7. The van der Waals surface area contributed by atoms with E-state index in [0.29, 0.717) is 0 Å². The molecule has 4 heterocycles. The van der Waals surface area contributed by atoms with E-state index < -0.39 is 0 Å². The van der Waals surface area contributed by atoms with Crippen molar-refractivity contribution < 1.29 is 35.1 Å². The molecule has 0 atom stereocenters. The molecule has 0 spiro atoms. The molecule has 0 aromatic carbocycles. The van der Waals surface area contributed by atoms with E-state index in [1.165, 1.54) is 0 Å². The molecule has 11 heteroatoms. The predicted octanol–water partition coefficient (Wildman–Crippen LogP) is 1.62. The number of rotatable bonds is 3. The molecule has 4 rings (SSSR count).